The summed E-state index contributed by atoms with van der Waals surface area (Å²) < 4.78 is 467. The third-order valence-corrected chi connectivity index (χ3v) is 0. The van der Waals surface area contributed by atoms with Crippen molar-refractivity contribution in [2.24, 2.45) is 0 Å². The largest absolute Gasteiger partial charge is 2.00 e. The topological polar surface area (TPSA) is 1100 Å². The van der Waals surface area contributed by atoms with E-state index >= 15 is 0 Å². The normalized spacial score (nSPS) is 10.2. The molecule has 0 bridgehead atoms. The van der Waals surface area contributed by atoms with Crippen LogP contribution >= 0.6 is 0 Å². The van der Waals surface area contributed by atoms with Crippen LogP contribution in [0.4, 0.5) is 0 Å². The van der Waals surface area contributed by atoms with Crippen molar-refractivity contribution in [2.75, 3.05) is 0 Å². The minimum absolute atomic E-state index is 0. The van der Waals surface area contributed by atoms with Crippen LogP contribution in [0.5, 0.6) is 0 Å². The van der Waals surface area contributed by atoms with Gasteiger partial charge in [0.2, 0.25) is 0 Å². The van der Waals surface area contributed by atoms with Crippen molar-refractivity contribution in [1.29, 1.82) is 0 Å². The molecular formula is H8Ca10O56S14. The van der Waals surface area contributed by atoms with Gasteiger partial charge in [0.25, 0.3) is 0 Å². The van der Waals surface area contributed by atoms with Crippen molar-refractivity contribution in [3.05, 3.63) is 0 Å². The molecule has 80 heavy (non-hydrogen) atoms. The first kappa shape index (κ1) is 164. The Morgan fingerprint density at radius 1 is 0.125 bits per heavy atom. The number of hydrogen-bond donors (Lipinski definition) is 8. The Bertz CT molecular complexity index is 2060. The second kappa shape index (κ2) is 78.8. The molecule has 0 aliphatic rings. The van der Waals surface area contributed by atoms with Crippen molar-refractivity contribution in [1.82, 2.24) is 0 Å². The van der Waals surface area contributed by atoms with Crippen LogP contribution in [0.25, 0.3) is 0 Å². The molecule has 0 heterocycles. The van der Waals surface area contributed by atoms with Crippen LogP contribution in [0, 0.1) is 0 Å². The summed E-state index contributed by atoms with van der Waals surface area (Å²) in [5.74, 6) is 0. The molecule has 0 spiro atoms. The van der Waals surface area contributed by atoms with Crippen molar-refractivity contribution in [3.8, 4) is 0 Å². The van der Waals surface area contributed by atoms with E-state index in [0.29, 0.717) is 0 Å². The zero-order chi connectivity index (χ0) is 63.0. The Labute approximate surface area is 749 Å². The van der Waals surface area contributed by atoms with E-state index in [1.54, 1.807) is 0 Å². The van der Waals surface area contributed by atoms with Gasteiger partial charge >= 0.3 is 419 Å². The summed E-state index contributed by atoms with van der Waals surface area (Å²) >= 11 is 0. The van der Waals surface area contributed by atoms with E-state index in [1.807, 2.05) is 0 Å². The predicted octanol–water partition coefficient (Wildman–Crippen LogP) is -19.8. The average molecular weight is 1750 g/mol. The standard InChI is InChI=1S/10Ca.14H2O4S/c;;;;;;;;;;14*1-5(2,3)4/h;;;;;;;;;;14*(H2,1,2,3,4)/q10*+2;;;;;;;;;;;;;;/p-20. The van der Waals surface area contributed by atoms with Gasteiger partial charge in [-0.15, -0.1) is 0 Å². The predicted molar refractivity (Wildman–Crippen MR) is 219 cm³/mol. The SMILES string of the molecule is O=S(=O)(O)O.O=S(=O)(O)O.O=S(=O)(O)O.O=S(=O)(O)O.O=S(=O)([O-])[O-].O=S(=O)([O-])[O-].O=S(=O)([O-])[O-].O=S(=O)([O-])[O-].O=S(=O)([O-])[O-].O=S(=O)([O-])[O-].O=S(=O)([O-])[O-].O=S(=O)([O-])[O-].O=S(=O)([O-])[O-].O=S(=O)([O-])[O-].[Ca+2].[Ca+2].[Ca+2].[Ca+2].[Ca+2].[Ca+2].[Ca+2].[Ca+2].[Ca+2].[Ca+2]. The van der Waals surface area contributed by atoms with Crippen LogP contribution in [-0.2, 0) is 146 Å². The van der Waals surface area contributed by atoms with E-state index in [4.69, 9.17) is 245 Å². The average Bonchev–Trinajstić information content (AvgIpc) is 2.60. The van der Waals surface area contributed by atoms with Gasteiger partial charge in [-0.2, -0.15) is 33.7 Å². The zero-order valence-electron chi connectivity index (χ0n) is 36.0. The van der Waals surface area contributed by atoms with Crippen LogP contribution in [-0.4, -0.2) is 623 Å². The molecule has 0 aromatic heterocycles. The van der Waals surface area contributed by atoms with Crippen molar-refractivity contribution in [2.45, 2.75) is 0 Å². The zero-order valence-corrected chi connectivity index (χ0v) is 69.5. The molecule has 0 saturated carbocycles. The molecule has 0 amide bonds. The van der Waals surface area contributed by atoms with Crippen LogP contribution in [0.2, 0.25) is 0 Å². The Kier molecular flexibility index (Phi) is 162. The first-order chi connectivity index (χ1) is 28.0. The van der Waals surface area contributed by atoms with Gasteiger partial charge in [0.15, 0.2) is 0 Å². The van der Waals surface area contributed by atoms with Gasteiger partial charge in [-0.25, -0.2) is 0 Å². The number of hydrogen-bond acceptors (Lipinski definition) is 48. The van der Waals surface area contributed by atoms with Gasteiger partial charge < -0.3 is 91.1 Å². The fourth-order valence-electron chi connectivity index (χ4n) is 0. The summed E-state index contributed by atoms with van der Waals surface area (Å²) in [5.41, 5.74) is 0. The van der Waals surface area contributed by atoms with Gasteiger partial charge in [-0.05, 0) is 0 Å². The molecule has 0 aromatic carbocycles. The van der Waals surface area contributed by atoms with Crippen LogP contribution in [0.1, 0.15) is 0 Å². The first-order valence-electron chi connectivity index (χ1n) is 9.46. The maximum atomic E-state index is 8.74. The van der Waals surface area contributed by atoms with Gasteiger partial charge in [-0.3, -0.25) is 121 Å². The Balaban J connectivity index is -0.0000000190. The van der Waals surface area contributed by atoms with Gasteiger partial charge in [0.1, 0.15) is 0 Å². The van der Waals surface area contributed by atoms with E-state index in [2.05, 4.69) is 0 Å². The Hall–Kier alpha value is 10.8. The van der Waals surface area contributed by atoms with Gasteiger partial charge in [0.05, 0.1) is 0 Å². The van der Waals surface area contributed by atoms with Gasteiger partial charge in [0, 0.05) is 104 Å². The quantitative estimate of drug-likeness (QED) is 0.0634. The summed E-state index contributed by atoms with van der Waals surface area (Å²) in [5, 5.41) is 0. The summed E-state index contributed by atoms with van der Waals surface area (Å²) in [6.07, 6.45) is 0. The van der Waals surface area contributed by atoms with E-state index in [1.165, 1.54) is 0 Å². The van der Waals surface area contributed by atoms with Crippen LogP contribution in [0.3, 0.4) is 0 Å². The molecule has 0 fully saturated rings. The summed E-state index contributed by atoms with van der Waals surface area (Å²) in [7, 11) is -70.3. The van der Waals surface area contributed by atoms with E-state index in [9.17, 15) is 0 Å². The molecule has 448 valence electrons. The summed E-state index contributed by atoms with van der Waals surface area (Å²) in [4.78, 5) is 0. The van der Waals surface area contributed by atoms with E-state index < -0.39 is 146 Å². The summed E-state index contributed by atoms with van der Waals surface area (Å²) in [6.45, 7) is 0. The molecule has 0 aliphatic carbocycles. The molecular weight excluding hydrogens is 1750 g/mol. The van der Waals surface area contributed by atoms with Crippen LogP contribution in [0.15, 0.2) is 0 Å². The summed E-state index contributed by atoms with van der Waals surface area (Å²) in [6, 6.07) is 0. The van der Waals surface area contributed by atoms with E-state index in [-0.39, 0.29) is 377 Å². The van der Waals surface area contributed by atoms with Gasteiger partial charge in [-0.1, -0.05) is 0 Å². The Morgan fingerprint density at radius 2 is 0.125 bits per heavy atom. The smallest absolute Gasteiger partial charge is 0.759 e. The molecule has 0 unspecified atom stereocenters. The molecule has 80 heteroatoms. The maximum Gasteiger partial charge on any atom is 2.00 e. The molecule has 0 rings (SSSR count). The Morgan fingerprint density at radius 3 is 0.125 bits per heavy atom. The maximum absolute atomic E-state index is 8.74. The minimum Gasteiger partial charge on any atom is -0.759 e. The molecule has 0 radical (unpaired) electrons. The first-order valence-corrected chi connectivity index (χ1v) is 28.4. The number of rotatable bonds is 0. The second-order valence-electron chi connectivity index (χ2n) is 5.87. The second-order valence-corrected chi connectivity index (χ2v) is 17.6. The van der Waals surface area contributed by atoms with Crippen molar-refractivity contribution >= 4 is 523 Å². The van der Waals surface area contributed by atoms with Crippen molar-refractivity contribution < 1.29 is 245 Å². The third kappa shape index (κ3) is 5890. The molecule has 0 saturated heterocycles. The fraction of sp³-hybridized carbons (Fsp3) is 0. The van der Waals surface area contributed by atoms with E-state index in [0.717, 1.165) is 0 Å². The molecule has 56 nitrogen and oxygen atoms in total. The van der Waals surface area contributed by atoms with Crippen molar-refractivity contribution in [3.63, 3.8) is 0 Å². The molecule has 0 atom stereocenters. The monoisotopic (exact) mass is 1750 g/mol. The third-order valence-electron chi connectivity index (χ3n) is 0. The molecule has 0 aromatic rings. The minimum atomic E-state index is -5.17. The molecule has 8 N–H and O–H groups in total. The fourth-order valence-corrected chi connectivity index (χ4v) is 0. The van der Waals surface area contributed by atoms with Crippen LogP contribution < -0.4 is 0 Å². The molecule has 0 aliphatic heterocycles.